The lowest BCUT2D eigenvalue weighted by molar-refractivity contribution is -0.186. The van der Waals surface area contributed by atoms with Gasteiger partial charge in [0.1, 0.15) is 5.75 Å². The summed E-state index contributed by atoms with van der Waals surface area (Å²) in [7, 11) is 0. The molecule has 1 saturated heterocycles. The maximum absolute atomic E-state index is 12.1. The van der Waals surface area contributed by atoms with Crippen molar-refractivity contribution in [3.8, 4) is 5.75 Å². The predicted octanol–water partition coefficient (Wildman–Crippen LogP) is 2.38. The van der Waals surface area contributed by atoms with E-state index in [1.807, 2.05) is 0 Å². The molecule has 3 saturated carbocycles. The molecule has 4 fully saturated rings. The number of amides is 2. The lowest BCUT2D eigenvalue weighted by Gasteiger charge is -2.73. The number of benzene rings is 1. The number of halogens is 1. The minimum absolute atomic E-state index is 0.00391. The second-order valence-corrected chi connectivity index (χ2v) is 8.08. The Hall–Kier alpha value is -1.75. The summed E-state index contributed by atoms with van der Waals surface area (Å²) < 4.78 is 5.48. The van der Waals surface area contributed by atoms with Crippen LogP contribution in [-0.2, 0) is 9.59 Å². The summed E-state index contributed by atoms with van der Waals surface area (Å²) in [4.78, 5) is 26.2. The van der Waals surface area contributed by atoms with Crippen molar-refractivity contribution < 1.29 is 14.3 Å². The van der Waals surface area contributed by atoms with E-state index in [1.165, 1.54) is 0 Å². The number of nitrogens with one attached hydrogen (secondary N) is 1. The number of rotatable bonds is 5. The zero-order valence-electron chi connectivity index (χ0n) is 13.7. The summed E-state index contributed by atoms with van der Waals surface area (Å²) in [5, 5.41) is 3.72. The molecular formula is C18H21ClN2O3. The Labute approximate surface area is 146 Å². The van der Waals surface area contributed by atoms with Crippen LogP contribution in [0.2, 0.25) is 5.02 Å². The van der Waals surface area contributed by atoms with E-state index in [1.54, 1.807) is 24.3 Å². The van der Waals surface area contributed by atoms with Crippen LogP contribution in [0.3, 0.4) is 0 Å². The van der Waals surface area contributed by atoms with Crippen LogP contribution < -0.4 is 10.1 Å². The smallest absolute Gasteiger partial charge is 0.258 e. The van der Waals surface area contributed by atoms with Gasteiger partial charge >= 0.3 is 0 Å². The predicted molar refractivity (Wildman–Crippen MR) is 89.9 cm³/mol. The molecular weight excluding hydrogens is 328 g/mol. The first kappa shape index (κ1) is 15.8. The fourth-order valence-electron chi connectivity index (χ4n) is 4.51. The van der Waals surface area contributed by atoms with Crippen molar-refractivity contribution in [2.75, 3.05) is 13.2 Å². The van der Waals surface area contributed by atoms with Gasteiger partial charge in [0, 0.05) is 29.1 Å². The van der Waals surface area contributed by atoms with Gasteiger partial charge in [0.15, 0.2) is 6.61 Å². The summed E-state index contributed by atoms with van der Waals surface area (Å²) in [6.45, 7) is 2.98. The molecule has 1 heterocycles. The fourth-order valence-corrected chi connectivity index (χ4v) is 4.64. The molecule has 0 aromatic heterocycles. The van der Waals surface area contributed by atoms with Gasteiger partial charge in [-0.2, -0.15) is 0 Å². The molecule has 6 heteroatoms. The van der Waals surface area contributed by atoms with E-state index in [9.17, 15) is 9.59 Å². The zero-order valence-corrected chi connectivity index (χ0v) is 14.4. The van der Waals surface area contributed by atoms with Crippen LogP contribution in [0.4, 0.5) is 0 Å². The molecule has 24 heavy (non-hydrogen) atoms. The van der Waals surface area contributed by atoms with Crippen LogP contribution in [0.15, 0.2) is 24.3 Å². The largest absolute Gasteiger partial charge is 0.484 e. The molecule has 0 radical (unpaired) electrons. The van der Waals surface area contributed by atoms with Crippen molar-refractivity contribution in [3.05, 3.63) is 29.3 Å². The molecule has 0 spiro atoms. The summed E-state index contributed by atoms with van der Waals surface area (Å²) in [5.41, 5.74) is -0.0985. The standard InChI is InChI=1S/C18H21ClN2O3/c1-12-6-16(23)21(7-12)18-9-17(10-18,11-18)20-15(22)8-24-14-4-2-13(19)3-5-14/h2-5,12H,6-11H2,1H3,(H,20,22)/t12-,17?,18?/m0/s1. The highest BCUT2D eigenvalue weighted by Gasteiger charge is 2.72. The number of hydrogen-bond donors (Lipinski definition) is 1. The van der Waals surface area contributed by atoms with Gasteiger partial charge in [0.05, 0.1) is 0 Å². The Morgan fingerprint density at radius 3 is 2.58 bits per heavy atom. The average Bonchev–Trinajstić information content (AvgIpc) is 2.79. The first-order chi connectivity index (χ1) is 11.4. The van der Waals surface area contributed by atoms with Crippen LogP contribution >= 0.6 is 11.6 Å². The van der Waals surface area contributed by atoms with Gasteiger partial charge in [-0.15, -0.1) is 0 Å². The van der Waals surface area contributed by atoms with Crippen molar-refractivity contribution in [3.63, 3.8) is 0 Å². The number of carbonyl (C=O) groups is 2. The normalized spacial score (nSPS) is 33.7. The van der Waals surface area contributed by atoms with Crippen molar-refractivity contribution >= 4 is 23.4 Å². The fraction of sp³-hybridized carbons (Fsp3) is 0.556. The third kappa shape index (κ3) is 2.55. The van der Waals surface area contributed by atoms with E-state index in [0.717, 1.165) is 25.8 Å². The highest BCUT2D eigenvalue weighted by molar-refractivity contribution is 6.30. The minimum atomic E-state index is -0.119. The number of likely N-dealkylation sites (tertiary alicyclic amines) is 1. The van der Waals surface area contributed by atoms with Crippen molar-refractivity contribution in [1.82, 2.24) is 10.2 Å². The number of ether oxygens (including phenoxy) is 1. The van der Waals surface area contributed by atoms with Crippen molar-refractivity contribution in [2.45, 2.75) is 43.7 Å². The van der Waals surface area contributed by atoms with Gasteiger partial charge in [-0.1, -0.05) is 18.5 Å². The maximum atomic E-state index is 12.1. The molecule has 1 aromatic carbocycles. The number of hydrogen-bond acceptors (Lipinski definition) is 3. The molecule has 1 N–H and O–H groups in total. The van der Waals surface area contributed by atoms with Crippen LogP contribution in [0.25, 0.3) is 0 Å². The third-order valence-corrected chi connectivity index (χ3v) is 5.73. The molecule has 1 aromatic rings. The van der Waals surface area contributed by atoms with E-state index < -0.39 is 0 Å². The Kier molecular flexibility index (Phi) is 3.53. The lowest BCUT2D eigenvalue weighted by Crippen LogP contribution is -2.84. The summed E-state index contributed by atoms with van der Waals surface area (Å²) in [6.07, 6.45) is 3.30. The third-order valence-electron chi connectivity index (χ3n) is 5.48. The lowest BCUT2D eigenvalue weighted by atomic mass is 9.43. The Morgan fingerprint density at radius 2 is 2.00 bits per heavy atom. The summed E-state index contributed by atoms with van der Waals surface area (Å²) in [6, 6.07) is 6.94. The van der Waals surface area contributed by atoms with Gasteiger partial charge in [-0.3, -0.25) is 9.59 Å². The summed E-state index contributed by atoms with van der Waals surface area (Å²) >= 11 is 5.82. The van der Waals surface area contributed by atoms with Gasteiger partial charge in [0.25, 0.3) is 5.91 Å². The Balaban J connectivity index is 1.26. The Bertz CT molecular complexity index is 668. The maximum Gasteiger partial charge on any atom is 0.258 e. The van der Waals surface area contributed by atoms with E-state index in [0.29, 0.717) is 23.1 Å². The first-order valence-corrected chi connectivity index (χ1v) is 8.78. The minimum Gasteiger partial charge on any atom is -0.484 e. The second-order valence-electron chi connectivity index (χ2n) is 7.64. The molecule has 1 aliphatic heterocycles. The van der Waals surface area contributed by atoms with E-state index in [2.05, 4.69) is 17.1 Å². The van der Waals surface area contributed by atoms with Gasteiger partial charge in [-0.25, -0.2) is 0 Å². The van der Waals surface area contributed by atoms with Crippen molar-refractivity contribution in [2.24, 2.45) is 5.92 Å². The van der Waals surface area contributed by atoms with Gasteiger partial charge in [-0.05, 0) is 49.4 Å². The zero-order chi connectivity index (χ0) is 16.9. The molecule has 2 amide bonds. The molecule has 1 atom stereocenters. The van der Waals surface area contributed by atoms with E-state index >= 15 is 0 Å². The molecule has 2 bridgehead atoms. The van der Waals surface area contributed by atoms with Crippen LogP contribution in [-0.4, -0.2) is 40.9 Å². The van der Waals surface area contributed by atoms with Crippen LogP contribution in [0.1, 0.15) is 32.6 Å². The topological polar surface area (TPSA) is 58.6 Å². The first-order valence-electron chi connectivity index (χ1n) is 8.40. The highest BCUT2D eigenvalue weighted by Crippen LogP contribution is 2.64. The molecule has 128 valence electrons. The van der Waals surface area contributed by atoms with E-state index in [-0.39, 0.29) is 29.5 Å². The highest BCUT2D eigenvalue weighted by atomic mass is 35.5. The molecule has 5 rings (SSSR count). The van der Waals surface area contributed by atoms with Gasteiger partial charge in [0.2, 0.25) is 5.91 Å². The molecule has 3 aliphatic carbocycles. The average molecular weight is 349 g/mol. The van der Waals surface area contributed by atoms with Gasteiger partial charge < -0.3 is 15.0 Å². The molecule has 0 unspecified atom stereocenters. The summed E-state index contributed by atoms with van der Waals surface area (Å²) in [5.74, 6) is 1.23. The Morgan fingerprint density at radius 1 is 1.33 bits per heavy atom. The van der Waals surface area contributed by atoms with Crippen LogP contribution in [0, 0.1) is 5.92 Å². The quantitative estimate of drug-likeness (QED) is 0.888. The molecule has 4 aliphatic rings. The monoisotopic (exact) mass is 348 g/mol. The van der Waals surface area contributed by atoms with Crippen molar-refractivity contribution in [1.29, 1.82) is 0 Å². The number of carbonyl (C=O) groups excluding carboxylic acids is 2. The SMILES string of the molecule is C[C@H]1CC(=O)N(C23CC(NC(=O)COc4ccc(Cl)cc4)(C2)C3)C1. The second kappa shape index (κ2) is 5.38. The molecule has 5 nitrogen and oxygen atoms in total. The number of nitrogens with zero attached hydrogens (tertiary/aromatic N) is 1. The van der Waals surface area contributed by atoms with Crippen LogP contribution in [0.5, 0.6) is 5.75 Å². The van der Waals surface area contributed by atoms with E-state index in [4.69, 9.17) is 16.3 Å².